The second-order valence-electron chi connectivity index (χ2n) is 7.10. The Bertz CT molecular complexity index is 968. The summed E-state index contributed by atoms with van der Waals surface area (Å²) in [6.45, 7) is 0. The minimum absolute atomic E-state index is 0.445. The van der Waals surface area contributed by atoms with Gasteiger partial charge in [-0.25, -0.2) is 4.98 Å². The lowest BCUT2D eigenvalue weighted by Gasteiger charge is -2.23. The van der Waals surface area contributed by atoms with Crippen LogP contribution in [0.15, 0.2) is 48.7 Å². The third-order valence-corrected chi connectivity index (χ3v) is 5.18. The minimum Gasteiger partial charge on any atom is -0.367 e. The van der Waals surface area contributed by atoms with Crippen LogP contribution in [0.4, 0.5) is 5.82 Å². The van der Waals surface area contributed by atoms with Gasteiger partial charge in [-0.2, -0.15) is 0 Å². The fraction of sp³-hybridized carbons (Fsp3) is 0.273. The number of anilines is 1. The quantitative estimate of drug-likeness (QED) is 0.592. The number of nitrogens with one attached hydrogen (secondary N) is 2. The molecule has 27 heavy (non-hydrogen) atoms. The predicted octanol–water partition coefficient (Wildman–Crippen LogP) is 4.33. The number of H-pyrrole nitrogens is 1. The highest BCUT2D eigenvalue weighted by molar-refractivity contribution is 6.24. The zero-order valence-electron chi connectivity index (χ0n) is 15.2. The number of amides is 1. The summed E-state index contributed by atoms with van der Waals surface area (Å²) in [6.07, 6.45) is 10.0. The number of carbonyl (C=O) groups is 1. The Labute approximate surface area is 158 Å². The number of primary amides is 1. The number of carbonyl (C=O) groups excluding carboxylic acids is 1. The third-order valence-electron chi connectivity index (χ3n) is 5.18. The summed E-state index contributed by atoms with van der Waals surface area (Å²) >= 11 is 0. The van der Waals surface area contributed by atoms with Gasteiger partial charge in [0.05, 0.1) is 0 Å². The Morgan fingerprint density at radius 2 is 1.89 bits per heavy atom. The summed E-state index contributed by atoms with van der Waals surface area (Å²) in [4.78, 5) is 19.9. The lowest BCUT2D eigenvalue weighted by Crippen LogP contribution is -2.22. The summed E-state index contributed by atoms with van der Waals surface area (Å²) in [6, 6.07) is 14.0. The molecule has 0 bridgehead atoms. The van der Waals surface area contributed by atoms with Crippen LogP contribution in [-0.4, -0.2) is 21.9 Å². The number of nitrogens with zero attached hydrogens (tertiary/aromatic N) is 1. The number of nitrogens with two attached hydrogens (primary N) is 1. The first-order valence-corrected chi connectivity index (χ1v) is 9.52. The first-order chi connectivity index (χ1) is 13.2. The van der Waals surface area contributed by atoms with Crippen LogP contribution in [-0.2, 0) is 4.79 Å². The van der Waals surface area contributed by atoms with E-state index >= 15 is 0 Å². The average molecular weight is 360 g/mol. The molecule has 0 saturated heterocycles. The fourth-order valence-corrected chi connectivity index (χ4v) is 3.75. The zero-order valence-corrected chi connectivity index (χ0v) is 15.2. The Balaban J connectivity index is 1.63. The van der Waals surface area contributed by atoms with E-state index in [1.165, 1.54) is 32.1 Å². The number of hydrogen-bond acceptors (Lipinski definition) is 3. The van der Waals surface area contributed by atoms with Gasteiger partial charge in [-0.3, -0.25) is 4.79 Å². The highest BCUT2D eigenvalue weighted by Gasteiger charge is 2.15. The molecule has 1 aromatic carbocycles. The summed E-state index contributed by atoms with van der Waals surface area (Å²) < 4.78 is 0. The maximum Gasteiger partial charge on any atom is 0.249 e. The van der Waals surface area contributed by atoms with Gasteiger partial charge in [-0.05, 0) is 36.6 Å². The van der Waals surface area contributed by atoms with Crippen molar-refractivity contribution >= 4 is 34.4 Å². The van der Waals surface area contributed by atoms with Gasteiger partial charge in [0.2, 0.25) is 5.91 Å². The summed E-state index contributed by atoms with van der Waals surface area (Å²) in [7, 11) is 0. The van der Waals surface area contributed by atoms with E-state index in [1.807, 2.05) is 54.7 Å². The predicted molar refractivity (Wildman–Crippen MR) is 110 cm³/mol. The summed E-state index contributed by atoms with van der Waals surface area (Å²) in [5.74, 6) is 0.448. The van der Waals surface area contributed by atoms with E-state index < -0.39 is 5.91 Å². The van der Waals surface area contributed by atoms with Crippen LogP contribution in [0, 0.1) is 0 Å². The van der Waals surface area contributed by atoms with Crippen LogP contribution in [0.3, 0.4) is 0 Å². The highest BCUT2D eigenvalue weighted by atomic mass is 16.1. The standard InChI is InChI=1S/C22H24N4O/c23-21(27)19(15-7-3-1-4-8-15)13-16-14-24-22-18(16)11-12-20(26-22)25-17-9-5-2-6-10-17/h1,3-4,7-8,11-14,17H,2,5-6,9-10H2,(H2,23,27)(H2,24,25,26). The van der Waals surface area contributed by atoms with E-state index in [9.17, 15) is 4.79 Å². The number of pyridine rings is 1. The summed E-state index contributed by atoms with van der Waals surface area (Å²) in [5.41, 5.74) is 8.62. The Kier molecular flexibility index (Phi) is 4.92. The number of fused-ring (bicyclic) bond motifs is 1. The molecule has 5 nitrogen and oxygen atoms in total. The van der Waals surface area contributed by atoms with E-state index in [0.29, 0.717) is 11.6 Å². The first-order valence-electron chi connectivity index (χ1n) is 9.52. The molecule has 3 aromatic rings. The molecular formula is C22H24N4O. The molecule has 0 atom stereocenters. The van der Waals surface area contributed by atoms with Crippen LogP contribution >= 0.6 is 0 Å². The highest BCUT2D eigenvalue weighted by Crippen LogP contribution is 2.26. The maximum atomic E-state index is 12.0. The smallest absolute Gasteiger partial charge is 0.249 e. The van der Waals surface area contributed by atoms with Crippen LogP contribution in [0.5, 0.6) is 0 Å². The van der Waals surface area contributed by atoms with Gasteiger partial charge in [0.25, 0.3) is 0 Å². The van der Waals surface area contributed by atoms with Crippen molar-refractivity contribution < 1.29 is 4.79 Å². The SMILES string of the molecule is NC(=O)C(=Cc1c[nH]c2nc(NC3CCCCC3)ccc12)c1ccccc1. The largest absolute Gasteiger partial charge is 0.367 e. The van der Waals surface area contributed by atoms with Crippen molar-refractivity contribution in [2.45, 2.75) is 38.1 Å². The van der Waals surface area contributed by atoms with E-state index in [0.717, 1.165) is 28.0 Å². The molecule has 1 aliphatic carbocycles. The fourth-order valence-electron chi connectivity index (χ4n) is 3.75. The molecule has 138 valence electrons. The molecule has 2 heterocycles. The second-order valence-corrected chi connectivity index (χ2v) is 7.10. The van der Waals surface area contributed by atoms with Gasteiger partial charge in [-0.15, -0.1) is 0 Å². The lowest BCUT2D eigenvalue weighted by atomic mass is 9.95. The Morgan fingerprint density at radius 3 is 2.63 bits per heavy atom. The molecule has 0 radical (unpaired) electrons. The summed E-state index contributed by atoms with van der Waals surface area (Å²) in [5, 5.41) is 4.52. The number of aromatic amines is 1. The number of hydrogen-bond donors (Lipinski definition) is 3. The van der Waals surface area contributed by atoms with Crippen LogP contribution < -0.4 is 11.1 Å². The molecule has 4 rings (SSSR count). The topological polar surface area (TPSA) is 83.8 Å². The van der Waals surface area contributed by atoms with Gasteiger partial charge >= 0.3 is 0 Å². The molecule has 5 heteroatoms. The zero-order chi connectivity index (χ0) is 18.6. The van der Waals surface area contributed by atoms with Gasteiger partial charge in [0.1, 0.15) is 11.5 Å². The Hall–Kier alpha value is -3.08. The van der Waals surface area contributed by atoms with Crippen LogP contribution in [0.25, 0.3) is 22.7 Å². The van der Waals surface area contributed by atoms with Crippen molar-refractivity contribution in [3.05, 3.63) is 59.8 Å². The van der Waals surface area contributed by atoms with E-state index in [2.05, 4.69) is 10.3 Å². The van der Waals surface area contributed by atoms with Gasteiger partial charge in [0, 0.05) is 28.8 Å². The normalized spacial score (nSPS) is 15.8. The maximum absolute atomic E-state index is 12.0. The van der Waals surface area contributed by atoms with E-state index in [1.54, 1.807) is 0 Å². The molecule has 0 aliphatic heterocycles. The first kappa shape index (κ1) is 17.3. The van der Waals surface area contributed by atoms with Crippen molar-refractivity contribution in [1.82, 2.24) is 9.97 Å². The molecule has 1 aliphatic rings. The molecule has 0 unspecified atom stereocenters. The van der Waals surface area contributed by atoms with E-state index in [-0.39, 0.29) is 0 Å². The average Bonchev–Trinajstić information content (AvgIpc) is 3.09. The number of aromatic nitrogens is 2. The van der Waals surface area contributed by atoms with Crippen LogP contribution in [0.1, 0.15) is 43.2 Å². The number of rotatable bonds is 5. The van der Waals surface area contributed by atoms with E-state index in [4.69, 9.17) is 10.7 Å². The number of benzene rings is 1. The van der Waals surface area contributed by atoms with Crippen molar-refractivity contribution in [3.63, 3.8) is 0 Å². The monoisotopic (exact) mass is 360 g/mol. The van der Waals surface area contributed by atoms with Crippen LogP contribution in [0.2, 0.25) is 0 Å². The molecule has 1 saturated carbocycles. The molecular weight excluding hydrogens is 336 g/mol. The lowest BCUT2D eigenvalue weighted by molar-refractivity contribution is -0.112. The molecule has 2 aromatic heterocycles. The third kappa shape index (κ3) is 3.87. The minimum atomic E-state index is -0.445. The van der Waals surface area contributed by atoms with Crippen molar-refractivity contribution in [3.8, 4) is 0 Å². The van der Waals surface area contributed by atoms with Gasteiger partial charge in [-0.1, -0.05) is 49.6 Å². The van der Waals surface area contributed by atoms with Gasteiger partial charge in [0.15, 0.2) is 0 Å². The molecule has 1 fully saturated rings. The molecule has 4 N–H and O–H groups in total. The van der Waals surface area contributed by atoms with Crippen molar-refractivity contribution in [2.75, 3.05) is 5.32 Å². The van der Waals surface area contributed by atoms with Crippen molar-refractivity contribution in [1.29, 1.82) is 0 Å². The molecule has 0 spiro atoms. The second kappa shape index (κ2) is 7.66. The molecule has 1 amide bonds. The van der Waals surface area contributed by atoms with Gasteiger partial charge < -0.3 is 16.0 Å². The van der Waals surface area contributed by atoms with Crippen molar-refractivity contribution in [2.24, 2.45) is 5.73 Å². The Morgan fingerprint density at radius 1 is 1.11 bits per heavy atom.